The van der Waals surface area contributed by atoms with Crippen LogP contribution in [0.2, 0.25) is 0 Å². The molecule has 138 valence electrons. The molecule has 0 radical (unpaired) electrons. The highest BCUT2D eigenvalue weighted by Crippen LogP contribution is 2.61. The predicted molar refractivity (Wildman–Crippen MR) is 99.2 cm³/mol. The molecule has 1 saturated heterocycles. The van der Waals surface area contributed by atoms with E-state index in [0.717, 1.165) is 45.1 Å². The topological polar surface area (TPSA) is 46.6 Å². The molecule has 0 aromatic rings. The van der Waals surface area contributed by atoms with Crippen molar-refractivity contribution in [3.63, 3.8) is 0 Å². The number of Topliss-reactive ketones (excluding diaryl/α,β-unsaturated/α-hetero) is 1. The molecule has 1 aliphatic heterocycles. The predicted octanol–water partition coefficient (Wildman–Crippen LogP) is 5.53. The zero-order chi connectivity index (χ0) is 18.0. The van der Waals surface area contributed by atoms with E-state index in [9.17, 15) is 9.36 Å². The van der Waals surface area contributed by atoms with E-state index in [-0.39, 0.29) is 11.1 Å². The number of ketones is 1. The van der Waals surface area contributed by atoms with Crippen LogP contribution in [0.4, 0.5) is 0 Å². The van der Waals surface area contributed by atoms with Gasteiger partial charge >= 0.3 is 0 Å². The Balaban J connectivity index is 2.10. The Bertz CT molecular complexity index is 533. The van der Waals surface area contributed by atoms with Crippen LogP contribution in [-0.2, 0) is 13.9 Å². The van der Waals surface area contributed by atoms with Gasteiger partial charge in [-0.3, -0.25) is 9.36 Å². The third kappa shape index (κ3) is 5.28. The lowest BCUT2D eigenvalue weighted by Gasteiger charge is -2.47. The van der Waals surface area contributed by atoms with Crippen LogP contribution >= 0.6 is 7.52 Å². The van der Waals surface area contributed by atoms with Crippen molar-refractivity contribution in [3.05, 3.63) is 11.9 Å². The van der Waals surface area contributed by atoms with E-state index >= 15 is 0 Å². The summed E-state index contributed by atoms with van der Waals surface area (Å²) in [5.41, 5.74) is -0.561. The first-order chi connectivity index (χ1) is 11.0. The van der Waals surface area contributed by atoms with Gasteiger partial charge < -0.3 is 4.52 Å². The second-order valence-corrected chi connectivity index (χ2v) is 11.0. The molecule has 2 unspecified atom stereocenters. The summed E-state index contributed by atoms with van der Waals surface area (Å²) in [5, 5.41) is 0. The normalized spacial score (nSPS) is 32.9. The standard InChI is InChI=1S/C19H34NO3P/c1-18(2,3)20-13-12-19(4,5)23-24(20,22)14-8-10-16-9-6-7-11-17(21)15-16/h8,14,16H,6-7,9-13,15H2,1-5H3/b14-8+. The first-order valence-corrected chi connectivity index (χ1v) is 10.9. The highest BCUT2D eigenvalue weighted by Gasteiger charge is 2.45. The summed E-state index contributed by atoms with van der Waals surface area (Å²) in [4.78, 5) is 11.8. The van der Waals surface area contributed by atoms with Gasteiger partial charge in [-0.05, 0) is 66.2 Å². The minimum Gasteiger partial charge on any atom is -0.308 e. The maximum atomic E-state index is 13.6. The fourth-order valence-corrected chi connectivity index (χ4v) is 6.42. The van der Waals surface area contributed by atoms with Gasteiger partial charge in [-0.15, -0.1) is 0 Å². The van der Waals surface area contributed by atoms with Crippen LogP contribution in [0.25, 0.3) is 0 Å². The van der Waals surface area contributed by atoms with Gasteiger partial charge in [0.1, 0.15) is 5.78 Å². The molecule has 0 N–H and O–H groups in total. The molecule has 2 fully saturated rings. The van der Waals surface area contributed by atoms with E-state index in [1.807, 2.05) is 24.6 Å². The Morgan fingerprint density at radius 1 is 1.33 bits per heavy atom. The fraction of sp³-hybridized carbons (Fsp3) is 0.842. The van der Waals surface area contributed by atoms with Gasteiger partial charge in [-0.2, -0.15) is 0 Å². The molecule has 2 atom stereocenters. The minimum atomic E-state index is -2.99. The minimum absolute atomic E-state index is 0.200. The lowest BCUT2D eigenvalue weighted by molar-refractivity contribution is -0.119. The molecule has 0 spiro atoms. The third-order valence-corrected chi connectivity index (χ3v) is 7.83. The molecular weight excluding hydrogens is 321 g/mol. The zero-order valence-electron chi connectivity index (χ0n) is 16.0. The SMILES string of the molecule is CC1(C)CCN(C(C)(C)C)P(=O)(/C=C/CC2CCCCC(=O)C2)O1. The van der Waals surface area contributed by atoms with Crippen LogP contribution in [0.1, 0.15) is 79.6 Å². The monoisotopic (exact) mass is 355 g/mol. The number of rotatable bonds is 3. The van der Waals surface area contributed by atoms with Gasteiger partial charge in [0.25, 0.3) is 7.52 Å². The van der Waals surface area contributed by atoms with E-state index in [1.165, 1.54) is 0 Å². The number of nitrogens with zero attached hydrogens (tertiary/aromatic N) is 1. The largest absolute Gasteiger partial charge is 0.308 e. The zero-order valence-corrected chi connectivity index (χ0v) is 16.9. The molecule has 2 rings (SSSR count). The van der Waals surface area contributed by atoms with Crippen LogP contribution < -0.4 is 0 Å². The lowest BCUT2D eigenvalue weighted by Crippen LogP contribution is -2.46. The van der Waals surface area contributed by atoms with Crippen LogP contribution in [-0.4, -0.2) is 28.1 Å². The van der Waals surface area contributed by atoms with Gasteiger partial charge in [-0.25, -0.2) is 4.67 Å². The van der Waals surface area contributed by atoms with Crippen molar-refractivity contribution in [2.24, 2.45) is 5.92 Å². The summed E-state index contributed by atoms with van der Waals surface area (Å²) >= 11 is 0. The smallest absolute Gasteiger partial charge is 0.295 e. The molecule has 1 aliphatic carbocycles. The average Bonchev–Trinajstić information content (AvgIpc) is 2.60. The quantitative estimate of drug-likeness (QED) is 0.493. The van der Waals surface area contributed by atoms with Crippen molar-refractivity contribution in [3.8, 4) is 0 Å². The van der Waals surface area contributed by atoms with Crippen molar-refractivity contribution in [2.75, 3.05) is 6.54 Å². The average molecular weight is 355 g/mol. The lowest BCUT2D eigenvalue weighted by atomic mass is 9.96. The molecular formula is C19H34NO3P. The van der Waals surface area contributed by atoms with E-state index in [0.29, 0.717) is 18.1 Å². The summed E-state index contributed by atoms with van der Waals surface area (Å²) in [7, 11) is -2.99. The molecule has 0 bridgehead atoms. The first-order valence-electron chi connectivity index (χ1n) is 9.30. The second kappa shape index (κ2) is 7.43. The van der Waals surface area contributed by atoms with Gasteiger partial charge in [0.15, 0.2) is 0 Å². The summed E-state index contributed by atoms with van der Waals surface area (Å²) in [6.45, 7) is 11.0. The van der Waals surface area contributed by atoms with E-state index in [4.69, 9.17) is 4.52 Å². The highest BCUT2D eigenvalue weighted by atomic mass is 31.2. The molecule has 1 heterocycles. The fourth-order valence-electron chi connectivity index (χ4n) is 3.70. The van der Waals surface area contributed by atoms with Crippen molar-refractivity contribution >= 4 is 13.3 Å². The molecule has 2 aliphatic rings. The summed E-state index contributed by atoms with van der Waals surface area (Å²) < 4.78 is 21.6. The molecule has 0 aromatic heterocycles. The first kappa shape index (κ1) is 19.9. The Kier molecular flexibility index (Phi) is 6.16. The molecule has 1 saturated carbocycles. The molecule has 5 heteroatoms. The van der Waals surface area contributed by atoms with Crippen LogP contribution in [0.15, 0.2) is 11.9 Å². The van der Waals surface area contributed by atoms with Gasteiger partial charge in [0.2, 0.25) is 0 Å². The van der Waals surface area contributed by atoms with E-state index < -0.39 is 7.52 Å². The number of hydrogen-bond acceptors (Lipinski definition) is 3. The highest BCUT2D eigenvalue weighted by molar-refractivity contribution is 7.59. The van der Waals surface area contributed by atoms with E-state index in [2.05, 4.69) is 20.8 Å². The number of allylic oxidation sites excluding steroid dienone is 1. The van der Waals surface area contributed by atoms with Crippen molar-refractivity contribution in [2.45, 2.75) is 90.7 Å². The van der Waals surface area contributed by atoms with Gasteiger partial charge in [-0.1, -0.05) is 12.5 Å². The van der Waals surface area contributed by atoms with Crippen molar-refractivity contribution in [1.29, 1.82) is 0 Å². The third-order valence-electron chi connectivity index (χ3n) is 5.01. The number of carbonyl (C=O) groups excluding carboxylic acids is 1. The summed E-state index contributed by atoms with van der Waals surface area (Å²) in [6.07, 6.45) is 8.33. The Morgan fingerprint density at radius 2 is 2.04 bits per heavy atom. The maximum absolute atomic E-state index is 13.6. The van der Waals surface area contributed by atoms with Gasteiger partial charge in [0, 0.05) is 30.7 Å². The number of hydrogen-bond donors (Lipinski definition) is 0. The van der Waals surface area contributed by atoms with Gasteiger partial charge in [0.05, 0.1) is 5.60 Å². The Hall–Kier alpha value is -0.440. The van der Waals surface area contributed by atoms with Crippen molar-refractivity contribution < 1.29 is 13.9 Å². The van der Waals surface area contributed by atoms with Crippen LogP contribution in [0.5, 0.6) is 0 Å². The van der Waals surface area contributed by atoms with Crippen LogP contribution in [0.3, 0.4) is 0 Å². The number of carbonyl (C=O) groups is 1. The molecule has 0 aromatic carbocycles. The van der Waals surface area contributed by atoms with Crippen molar-refractivity contribution in [1.82, 2.24) is 4.67 Å². The Morgan fingerprint density at radius 3 is 2.71 bits per heavy atom. The molecule has 0 amide bonds. The summed E-state index contributed by atoms with van der Waals surface area (Å²) in [6, 6.07) is 0. The molecule has 4 nitrogen and oxygen atoms in total. The summed E-state index contributed by atoms with van der Waals surface area (Å²) in [5.74, 6) is 2.57. The maximum Gasteiger partial charge on any atom is 0.295 e. The van der Waals surface area contributed by atoms with Crippen LogP contribution in [0, 0.1) is 5.92 Å². The Labute approximate surface area is 147 Å². The van der Waals surface area contributed by atoms with E-state index in [1.54, 1.807) is 5.82 Å². The molecule has 24 heavy (non-hydrogen) atoms. The second-order valence-electron chi connectivity index (χ2n) is 8.93.